The SMILES string of the molecule is CCOc1cccc(NC(=O)CN(c2ccc(OC)c(Cl)c2)S(=O)(=O)c2ccccc2)c1. The molecular weight excluding hydrogens is 452 g/mol. The lowest BCUT2D eigenvalue weighted by atomic mass is 10.3. The van der Waals surface area contributed by atoms with E-state index in [1.165, 1.54) is 31.4 Å². The third-order valence-corrected chi connectivity index (χ3v) is 6.55. The maximum atomic E-state index is 13.4. The number of amides is 1. The van der Waals surface area contributed by atoms with Gasteiger partial charge in [-0.15, -0.1) is 0 Å². The first-order chi connectivity index (χ1) is 15.3. The highest BCUT2D eigenvalue weighted by atomic mass is 35.5. The number of hydrogen-bond acceptors (Lipinski definition) is 5. The van der Waals surface area contributed by atoms with Gasteiger partial charge in [0.05, 0.1) is 29.3 Å². The van der Waals surface area contributed by atoms with Crippen molar-refractivity contribution in [1.82, 2.24) is 0 Å². The number of anilines is 2. The number of rotatable bonds is 9. The van der Waals surface area contributed by atoms with Gasteiger partial charge < -0.3 is 14.8 Å². The summed E-state index contributed by atoms with van der Waals surface area (Å²) in [6.45, 7) is 1.88. The van der Waals surface area contributed by atoms with Crippen LogP contribution in [0, 0.1) is 0 Å². The maximum Gasteiger partial charge on any atom is 0.264 e. The first-order valence-electron chi connectivity index (χ1n) is 9.79. The van der Waals surface area contributed by atoms with Crippen molar-refractivity contribution in [2.24, 2.45) is 0 Å². The van der Waals surface area contributed by atoms with E-state index in [9.17, 15) is 13.2 Å². The lowest BCUT2D eigenvalue weighted by Crippen LogP contribution is -2.38. The van der Waals surface area contributed by atoms with Crippen molar-refractivity contribution in [3.05, 3.63) is 77.8 Å². The molecule has 9 heteroatoms. The van der Waals surface area contributed by atoms with Crippen molar-refractivity contribution in [3.63, 3.8) is 0 Å². The zero-order valence-electron chi connectivity index (χ0n) is 17.6. The zero-order chi connectivity index (χ0) is 23.1. The number of methoxy groups -OCH3 is 1. The predicted octanol–water partition coefficient (Wildman–Crippen LogP) is 4.58. The fourth-order valence-corrected chi connectivity index (χ4v) is 4.69. The van der Waals surface area contributed by atoms with Crippen molar-refractivity contribution in [1.29, 1.82) is 0 Å². The molecule has 0 spiro atoms. The number of carbonyl (C=O) groups excluding carboxylic acids is 1. The molecule has 0 atom stereocenters. The van der Waals surface area contributed by atoms with Crippen LogP contribution in [0.2, 0.25) is 5.02 Å². The molecule has 32 heavy (non-hydrogen) atoms. The second-order valence-corrected chi connectivity index (χ2v) is 8.92. The Morgan fingerprint density at radius 3 is 2.44 bits per heavy atom. The summed E-state index contributed by atoms with van der Waals surface area (Å²) in [5, 5.41) is 2.94. The molecule has 0 unspecified atom stereocenters. The second-order valence-electron chi connectivity index (χ2n) is 6.65. The topological polar surface area (TPSA) is 84.9 Å². The van der Waals surface area contributed by atoms with Gasteiger partial charge in [0.15, 0.2) is 0 Å². The molecule has 0 radical (unpaired) electrons. The minimum Gasteiger partial charge on any atom is -0.495 e. The smallest absolute Gasteiger partial charge is 0.264 e. The summed E-state index contributed by atoms with van der Waals surface area (Å²) in [6.07, 6.45) is 0. The molecule has 0 aliphatic heterocycles. The van der Waals surface area contributed by atoms with E-state index in [0.717, 1.165) is 4.31 Å². The Kier molecular flexibility index (Phi) is 7.61. The zero-order valence-corrected chi connectivity index (χ0v) is 19.2. The van der Waals surface area contributed by atoms with Crippen LogP contribution < -0.4 is 19.1 Å². The highest BCUT2D eigenvalue weighted by molar-refractivity contribution is 7.92. The Morgan fingerprint density at radius 1 is 1.03 bits per heavy atom. The lowest BCUT2D eigenvalue weighted by Gasteiger charge is -2.24. The van der Waals surface area contributed by atoms with E-state index in [1.54, 1.807) is 48.5 Å². The second kappa shape index (κ2) is 10.4. The maximum absolute atomic E-state index is 13.4. The largest absolute Gasteiger partial charge is 0.495 e. The van der Waals surface area contributed by atoms with Gasteiger partial charge in [0.2, 0.25) is 5.91 Å². The fraction of sp³-hybridized carbons (Fsp3) is 0.174. The van der Waals surface area contributed by atoms with Gasteiger partial charge in [0.1, 0.15) is 18.0 Å². The summed E-state index contributed by atoms with van der Waals surface area (Å²) in [5.41, 5.74) is 0.726. The van der Waals surface area contributed by atoms with Crippen molar-refractivity contribution >= 4 is 38.9 Å². The summed E-state index contributed by atoms with van der Waals surface area (Å²) >= 11 is 6.22. The van der Waals surface area contributed by atoms with Crippen molar-refractivity contribution < 1.29 is 22.7 Å². The van der Waals surface area contributed by atoms with Crippen LogP contribution in [-0.4, -0.2) is 34.6 Å². The van der Waals surface area contributed by atoms with Crippen LogP contribution in [-0.2, 0) is 14.8 Å². The first-order valence-corrected chi connectivity index (χ1v) is 11.6. The quantitative estimate of drug-likeness (QED) is 0.490. The predicted molar refractivity (Wildman–Crippen MR) is 125 cm³/mol. The lowest BCUT2D eigenvalue weighted by molar-refractivity contribution is -0.114. The van der Waals surface area contributed by atoms with Crippen LogP contribution in [0.15, 0.2) is 77.7 Å². The van der Waals surface area contributed by atoms with E-state index < -0.39 is 22.5 Å². The Hall–Kier alpha value is -3.23. The van der Waals surface area contributed by atoms with E-state index in [-0.39, 0.29) is 15.6 Å². The molecule has 3 aromatic rings. The molecule has 0 saturated carbocycles. The van der Waals surface area contributed by atoms with Crippen LogP contribution in [0.1, 0.15) is 6.92 Å². The van der Waals surface area contributed by atoms with Crippen molar-refractivity contribution in [2.45, 2.75) is 11.8 Å². The average Bonchev–Trinajstić information content (AvgIpc) is 2.78. The van der Waals surface area contributed by atoms with Crippen LogP contribution in [0.5, 0.6) is 11.5 Å². The molecule has 0 heterocycles. The third kappa shape index (κ3) is 5.52. The number of sulfonamides is 1. The van der Waals surface area contributed by atoms with Gasteiger partial charge in [-0.05, 0) is 49.4 Å². The van der Waals surface area contributed by atoms with Gasteiger partial charge in [-0.25, -0.2) is 8.42 Å². The molecule has 0 saturated heterocycles. The molecule has 3 aromatic carbocycles. The van der Waals surface area contributed by atoms with Crippen LogP contribution in [0.3, 0.4) is 0 Å². The summed E-state index contributed by atoms with van der Waals surface area (Å²) in [7, 11) is -2.58. The number of benzene rings is 3. The summed E-state index contributed by atoms with van der Waals surface area (Å²) in [4.78, 5) is 12.9. The number of carbonyl (C=O) groups is 1. The molecule has 0 fully saturated rings. The van der Waals surface area contributed by atoms with Crippen LogP contribution in [0.25, 0.3) is 0 Å². The third-order valence-electron chi connectivity index (χ3n) is 4.47. The summed E-state index contributed by atoms with van der Waals surface area (Å²) < 4.78 is 38.4. The van der Waals surface area contributed by atoms with Crippen molar-refractivity contribution in [3.8, 4) is 11.5 Å². The van der Waals surface area contributed by atoms with Crippen LogP contribution in [0.4, 0.5) is 11.4 Å². The van der Waals surface area contributed by atoms with E-state index in [2.05, 4.69) is 5.32 Å². The molecule has 1 amide bonds. The Bertz CT molecular complexity index is 1190. The standard InChI is InChI=1S/C23H23ClN2O5S/c1-3-31-19-9-7-8-17(14-19)25-23(27)16-26(18-12-13-22(30-2)21(24)15-18)32(28,29)20-10-5-4-6-11-20/h4-15H,3,16H2,1-2H3,(H,25,27). The minimum atomic E-state index is -4.05. The van der Waals surface area contributed by atoms with E-state index >= 15 is 0 Å². The minimum absolute atomic E-state index is 0.0538. The molecule has 0 aromatic heterocycles. The van der Waals surface area contributed by atoms with Crippen molar-refractivity contribution in [2.75, 3.05) is 29.9 Å². The van der Waals surface area contributed by atoms with E-state index in [1.807, 2.05) is 6.92 Å². The van der Waals surface area contributed by atoms with E-state index in [0.29, 0.717) is 23.8 Å². The Labute approximate surface area is 192 Å². The molecule has 0 bridgehead atoms. The number of nitrogens with one attached hydrogen (secondary N) is 1. The number of halogens is 1. The Morgan fingerprint density at radius 2 is 1.78 bits per heavy atom. The number of hydrogen-bond donors (Lipinski definition) is 1. The van der Waals surface area contributed by atoms with Gasteiger partial charge in [-0.2, -0.15) is 0 Å². The average molecular weight is 475 g/mol. The monoisotopic (exact) mass is 474 g/mol. The number of ether oxygens (including phenoxy) is 2. The van der Waals surface area contributed by atoms with Gasteiger partial charge >= 0.3 is 0 Å². The molecule has 1 N–H and O–H groups in total. The molecule has 0 aliphatic carbocycles. The van der Waals surface area contributed by atoms with Gasteiger partial charge in [-0.1, -0.05) is 35.9 Å². The molecule has 3 rings (SSSR count). The summed E-state index contributed by atoms with van der Waals surface area (Å²) in [6, 6.07) is 19.3. The molecule has 0 aliphatic rings. The number of nitrogens with zero attached hydrogens (tertiary/aromatic N) is 1. The molecule has 168 valence electrons. The van der Waals surface area contributed by atoms with Crippen LogP contribution >= 0.6 is 11.6 Å². The highest BCUT2D eigenvalue weighted by Gasteiger charge is 2.27. The van der Waals surface area contributed by atoms with Gasteiger partial charge in [0, 0.05) is 11.8 Å². The van der Waals surface area contributed by atoms with Gasteiger partial charge in [0.25, 0.3) is 10.0 Å². The Balaban J connectivity index is 1.93. The highest BCUT2D eigenvalue weighted by Crippen LogP contribution is 2.32. The summed E-state index contributed by atoms with van der Waals surface area (Å²) in [5.74, 6) is 0.468. The van der Waals surface area contributed by atoms with E-state index in [4.69, 9.17) is 21.1 Å². The molecular formula is C23H23ClN2O5S. The van der Waals surface area contributed by atoms with Gasteiger partial charge in [-0.3, -0.25) is 9.10 Å². The fourth-order valence-electron chi connectivity index (χ4n) is 3.01. The molecule has 7 nitrogen and oxygen atoms in total. The normalized spacial score (nSPS) is 11.0. The first kappa shape index (κ1) is 23.4.